The molecule has 8 fully saturated rings. The molecular weight excluding hydrogens is 1380 g/mol. The van der Waals surface area contributed by atoms with Crippen LogP contribution in [-0.2, 0) is 90.2 Å². The first-order chi connectivity index (χ1) is 47.7. The fraction of sp³-hybridized carbons (Fsp3) is 0.929. The Bertz CT molecular complexity index is 2640. The van der Waals surface area contributed by atoms with Gasteiger partial charge in [-0.25, -0.2) is 0 Å². The van der Waals surface area contributed by atoms with E-state index in [1.807, 2.05) is 0 Å². The van der Waals surface area contributed by atoms with Crippen LogP contribution in [0.3, 0.4) is 0 Å². The van der Waals surface area contributed by atoms with Crippen molar-refractivity contribution in [1.29, 1.82) is 0 Å². The fourth-order valence-electron chi connectivity index (χ4n) is 12.9. The first-order valence-electron chi connectivity index (χ1n) is 32.1. The molecule has 45 nitrogen and oxygen atoms in total. The van der Waals surface area contributed by atoms with Crippen LogP contribution in [-0.4, -0.2) is 434 Å². The molecular formula is C56H94N4O41. The Labute approximate surface area is 572 Å². The second kappa shape index (κ2) is 36.3. The maximum Gasteiger partial charge on any atom is 0.217 e. The van der Waals surface area contributed by atoms with Crippen molar-refractivity contribution < 1.29 is 203 Å². The molecule has 584 valence electrons. The van der Waals surface area contributed by atoms with Crippen molar-refractivity contribution in [2.75, 3.05) is 52.9 Å². The van der Waals surface area contributed by atoms with E-state index in [1.165, 1.54) is 0 Å². The van der Waals surface area contributed by atoms with Crippen molar-refractivity contribution in [1.82, 2.24) is 21.3 Å². The van der Waals surface area contributed by atoms with Crippen LogP contribution in [0, 0.1) is 0 Å². The maximum absolute atomic E-state index is 13.1. The van der Waals surface area contributed by atoms with E-state index in [2.05, 4.69) is 21.3 Å². The zero-order valence-electron chi connectivity index (χ0n) is 54.3. The largest absolute Gasteiger partial charge is 0.394 e. The number of aliphatic hydroxyl groups is 22. The summed E-state index contributed by atoms with van der Waals surface area (Å²) in [5.41, 5.74) is 0. The quantitative estimate of drug-likeness (QED) is 0.0382. The number of carbonyl (C=O) groups is 4. The average Bonchev–Trinajstić information content (AvgIpc) is 0.766. The van der Waals surface area contributed by atoms with Gasteiger partial charge >= 0.3 is 0 Å². The van der Waals surface area contributed by atoms with Gasteiger partial charge in [-0.2, -0.15) is 0 Å². The maximum atomic E-state index is 13.1. The lowest BCUT2D eigenvalue weighted by molar-refractivity contribution is -0.396. The predicted molar refractivity (Wildman–Crippen MR) is 311 cm³/mol. The van der Waals surface area contributed by atoms with Gasteiger partial charge in [0.25, 0.3) is 0 Å². The second-order valence-electron chi connectivity index (χ2n) is 25.4. The van der Waals surface area contributed by atoms with Gasteiger partial charge in [0, 0.05) is 27.7 Å². The molecule has 45 heteroatoms. The summed E-state index contributed by atoms with van der Waals surface area (Å²) in [6, 6.07) is -7.18. The molecule has 101 heavy (non-hydrogen) atoms. The number of carbonyl (C=O) groups excluding carboxylic acids is 4. The molecule has 4 amide bonds. The van der Waals surface area contributed by atoms with Crippen LogP contribution in [0.25, 0.3) is 0 Å². The van der Waals surface area contributed by atoms with Gasteiger partial charge in [-0.15, -0.1) is 0 Å². The summed E-state index contributed by atoms with van der Waals surface area (Å²) >= 11 is 0. The molecule has 0 radical (unpaired) electrons. The molecule has 0 bridgehead atoms. The number of amides is 4. The first kappa shape index (κ1) is 83.0. The lowest BCUT2D eigenvalue weighted by atomic mass is 9.93. The summed E-state index contributed by atoms with van der Waals surface area (Å²) < 4.78 is 88.6. The van der Waals surface area contributed by atoms with Gasteiger partial charge in [-0.3, -0.25) is 19.2 Å². The molecule has 8 aliphatic heterocycles. The molecule has 0 saturated carbocycles. The van der Waals surface area contributed by atoms with Crippen molar-refractivity contribution in [2.24, 2.45) is 0 Å². The number of aliphatic hydroxyl groups excluding tert-OH is 22. The number of rotatable bonds is 26. The van der Waals surface area contributed by atoms with E-state index in [1.54, 1.807) is 0 Å². The van der Waals surface area contributed by atoms with E-state index in [0.29, 0.717) is 0 Å². The zero-order valence-corrected chi connectivity index (χ0v) is 54.3. The Balaban J connectivity index is 1.14. The van der Waals surface area contributed by atoms with Crippen LogP contribution in [0.4, 0.5) is 0 Å². The lowest BCUT2D eigenvalue weighted by Crippen LogP contribution is -2.71. The zero-order chi connectivity index (χ0) is 74.5. The van der Waals surface area contributed by atoms with Crippen molar-refractivity contribution in [2.45, 2.75) is 273 Å². The third kappa shape index (κ3) is 18.7. The summed E-state index contributed by atoms with van der Waals surface area (Å²) in [4.78, 5) is 50.2. The SMILES string of the molecule is CC(=O)N[C@@H]1[C@@H](O)[C@H](O[C@@H]2O[C@H](CO)[C@@H](O[C@@H]3O[C@H](CO[C@H]4O[C@H](CO)[C@@H](O)[C@H](O)[C@@H]4O[C@@H]4O[C@H](CO)[C@@H](O)[C@H](O)[C@H]4NC(C)=O)[C@@H](O)[C@H](O[C@H]4O[C@H](CO)[C@@H](O)[C@H](O)[C@@H]4O[C@@H]4O[C@H](CO)[C@@H](O)[C@H](O)[C@H]4NC(C)=O)[C@@H]3O)[C@H](O)[C@H]2NC(C)=O)[C@@H](CO[C@@H]2O[C@H](CO)[C@@H](O)[C@H](O)[C@@H]2O)O[C@H]1O. The van der Waals surface area contributed by atoms with Crippen molar-refractivity contribution in [3.8, 4) is 0 Å². The molecule has 40 atom stereocenters. The summed E-state index contributed by atoms with van der Waals surface area (Å²) in [7, 11) is 0. The number of nitrogens with one attached hydrogen (secondary N) is 4. The number of ether oxygens (including phenoxy) is 15. The summed E-state index contributed by atoms with van der Waals surface area (Å²) in [6.45, 7) is -4.32. The van der Waals surface area contributed by atoms with E-state index in [-0.39, 0.29) is 0 Å². The Kier molecular flexibility index (Phi) is 29.9. The Hall–Kier alpha value is -3.60. The van der Waals surface area contributed by atoms with Gasteiger partial charge in [-0.1, -0.05) is 0 Å². The molecule has 8 rings (SSSR count). The van der Waals surface area contributed by atoms with E-state index < -0.39 is 322 Å². The summed E-state index contributed by atoms with van der Waals surface area (Å²) in [5.74, 6) is -3.47. The molecule has 0 aromatic carbocycles. The normalized spacial score (nSPS) is 48.3. The molecule has 0 aromatic rings. The van der Waals surface area contributed by atoms with Gasteiger partial charge < -0.3 is 205 Å². The van der Waals surface area contributed by atoms with Gasteiger partial charge in [0.2, 0.25) is 23.6 Å². The van der Waals surface area contributed by atoms with Gasteiger partial charge in [0.05, 0.1) is 52.9 Å². The smallest absolute Gasteiger partial charge is 0.217 e. The molecule has 0 aromatic heterocycles. The number of hydrogen-bond donors (Lipinski definition) is 26. The highest BCUT2D eigenvalue weighted by atomic mass is 16.8. The molecule has 0 unspecified atom stereocenters. The molecule has 0 spiro atoms. The van der Waals surface area contributed by atoms with Crippen molar-refractivity contribution in [3.05, 3.63) is 0 Å². The standard InChI is InChI=1S/C56H94N4O41/c1-13(67)57-25-37(79)45(24(89-49(25)86)12-87-53-42(84)39(81)31(73)19(7-63)92-53)97-52-28(60-16(4)70)38(80)44(22(10-66)95-52)98-54-43(85)46(99-56-48(41(83)33(75)21(9-65)94-56)101-51-27(59-15(3)69)36(78)30(72)18(6-62)91-51)34(76)23(96-54)11-88-55-47(40(82)32(74)20(8-64)93-55)100-50-26(58-14(2)68)35(77)29(71)17(5-61)90-50/h17-56,61-66,71-86H,5-12H2,1-4H3,(H,57,67)(H,58,68)(H,59,69)(H,60,70)/t17-,18-,19-,20-,21-,22-,23-,24-,25-,26-,27-,28-,29-,30-,31-,32-,33-,34-,35-,36-,37-,38-,39+,40+,41+,42+,43+,44-,45-,46+,47+,48+,49-,50+,51+,52+,53-,54+,55+,56-/m1/s1. The van der Waals surface area contributed by atoms with Gasteiger partial charge in [-0.05, 0) is 0 Å². The van der Waals surface area contributed by atoms with Crippen LogP contribution < -0.4 is 21.3 Å². The molecule has 8 saturated heterocycles. The Morgan fingerprint density at radius 3 is 1.02 bits per heavy atom. The van der Waals surface area contributed by atoms with Gasteiger partial charge in [0.15, 0.2) is 50.3 Å². The summed E-state index contributed by atoms with van der Waals surface area (Å²) in [6.07, 6.45) is -73.1. The first-order valence-corrected chi connectivity index (χ1v) is 32.1. The van der Waals surface area contributed by atoms with E-state index in [9.17, 15) is 132 Å². The molecule has 0 aliphatic carbocycles. The lowest BCUT2D eigenvalue weighted by Gasteiger charge is -2.51. The van der Waals surface area contributed by atoms with Crippen LogP contribution in [0.5, 0.6) is 0 Å². The van der Waals surface area contributed by atoms with Crippen LogP contribution in [0.2, 0.25) is 0 Å². The second-order valence-corrected chi connectivity index (χ2v) is 25.4. The Morgan fingerprint density at radius 1 is 0.257 bits per heavy atom. The van der Waals surface area contributed by atoms with E-state index >= 15 is 0 Å². The predicted octanol–water partition coefficient (Wildman–Crippen LogP) is -17.9. The fourth-order valence-corrected chi connectivity index (χ4v) is 12.9. The Morgan fingerprint density at radius 2 is 0.564 bits per heavy atom. The molecule has 8 aliphatic rings. The minimum atomic E-state index is -2.51. The van der Waals surface area contributed by atoms with Crippen molar-refractivity contribution in [3.63, 3.8) is 0 Å². The highest BCUT2D eigenvalue weighted by Gasteiger charge is 2.60. The summed E-state index contributed by atoms with van der Waals surface area (Å²) in [5, 5.41) is 252. The monoisotopic (exact) mass is 1480 g/mol. The average molecular weight is 1480 g/mol. The molecule has 26 N–H and O–H groups in total. The third-order valence-electron chi connectivity index (χ3n) is 18.2. The molecule has 8 heterocycles. The van der Waals surface area contributed by atoms with E-state index in [4.69, 9.17) is 71.1 Å². The minimum Gasteiger partial charge on any atom is -0.394 e. The van der Waals surface area contributed by atoms with Gasteiger partial charge in [0.1, 0.15) is 195 Å². The number of hydrogen-bond acceptors (Lipinski definition) is 41. The van der Waals surface area contributed by atoms with E-state index in [0.717, 1.165) is 27.7 Å². The van der Waals surface area contributed by atoms with Crippen molar-refractivity contribution >= 4 is 23.6 Å². The van der Waals surface area contributed by atoms with Crippen LogP contribution in [0.15, 0.2) is 0 Å². The third-order valence-corrected chi connectivity index (χ3v) is 18.2. The highest BCUT2D eigenvalue weighted by molar-refractivity contribution is 5.74. The minimum absolute atomic E-state index is 0.826. The topological polar surface area (TPSA) is 700 Å². The van der Waals surface area contributed by atoms with Crippen LogP contribution >= 0.6 is 0 Å². The highest BCUT2D eigenvalue weighted by Crippen LogP contribution is 2.39. The van der Waals surface area contributed by atoms with Crippen LogP contribution in [0.1, 0.15) is 27.7 Å².